The molecule has 2 rings (SSSR count). The lowest BCUT2D eigenvalue weighted by atomic mass is 10.1. The summed E-state index contributed by atoms with van der Waals surface area (Å²) in [6.07, 6.45) is 0.543. The highest BCUT2D eigenvalue weighted by molar-refractivity contribution is 6.31. The van der Waals surface area contributed by atoms with Crippen molar-refractivity contribution in [2.24, 2.45) is 0 Å². The fourth-order valence-corrected chi connectivity index (χ4v) is 2.23. The van der Waals surface area contributed by atoms with Crippen molar-refractivity contribution in [2.75, 3.05) is 0 Å². The summed E-state index contributed by atoms with van der Waals surface area (Å²) in [4.78, 5) is 34.5. The van der Waals surface area contributed by atoms with Gasteiger partial charge in [0, 0.05) is 17.0 Å². The van der Waals surface area contributed by atoms with E-state index >= 15 is 0 Å². The lowest BCUT2D eigenvalue weighted by molar-refractivity contribution is -0.134. The Balaban J connectivity index is 2.08. The van der Waals surface area contributed by atoms with Crippen LogP contribution < -0.4 is 10.6 Å². The van der Waals surface area contributed by atoms with Gasteiger partial charge < -0.3 is 5.32 Å². The molecule has 1 aromatic rings. The van der Waals surface area contributed by atoms with Gasteiger partial charge >= 0.3 is 0 Å². The second-order valence-electron chi connectivity index (χ2n) is 4.49. The molecule has 0 bridgehead atoms. The van der Waals surface area contributed by atoms with Gasteiger partial charge in [0.2, 0.25) is 11.8 Å². The van der Waals surface area contributed by atoms with E-state index in [0.29, 0.717) is 17.0 Å². The number of amides is 3. The van der Waals surface area contributed by atoms with Crippen molar-refractivity contribution in [1.82, 2.24) is 10.6 Å². The highest BCUT2D eigenvalue weighted by Crippen LogP contribution is 2.15. The smallest absolute Gasteiger partial charge is 0.251 e. The van der Waals surface area contributed by atoms with E-state index in [1.165, 1.54) is 6.07 Å². The molecule has 19 heavy (non-hydrogen) atoms. The summed E-state index contributed by atoms with van der Waals surface area (Å²) in [5, 5.41) is 5.25. The number of aryl methyl sites for hydroxylation is 1. The number of carbonyl (C=O) groups excluding carboxylic acids is 3. The fraction of sp³-hybridized carbons (Fsp3) is 0.308. The Labute approximate surface area is 115 Å². The van der Waals surface area contributed by atoms with Crippen LogP contribution in [0.25, 0.3) is 0 Å². The number of benzene rings is 1. The standard InChI is InChI=1S/C13H13ClN2O3/c1-7-4-8(6-9(14)5-7)12(18)15-10-2-3-11(17)16-13(10)19/h4-6,10H,2-3H2,1H3,(H,15,18)(H,16,17,19). The van der Waals surface area contributed by atoms with Gasteiger partial charge in [-0.05, 0) is 37.1 Å². The van der Waals surface area contributed by atoms with E-state index in [1.807, 2.05) is 6.92 Å². The van der Waals surface area contributed by atoms with Crippen LogP contribution in [0.2, 0.25) is 5.02 Å². The molecular weight excluding hydrogens is 268 g/mol. The number of rotatable bonds is 2. The van der Waals surface area contributed by atoms with Gasteiger partial charge in [-0.3, -0.25) is 19.7 Å². The Bertz CT molecular complexity index is 537. The van der Waals surface area contributed by atoms with Crippen molar-refractivity contribution in [3.05, 3.63) is 34.3 Å². The van der Waals surface area contributed by atoms with Gasteiger partial charge in [0.15, 0.2) is 0 Å². The zero-order valence-electron chi connectivity index (χ0n) is 10.3. The van der Waals surface area contributed by atoms with E-state index in [9.17, 15) is 14.4 Å². The molecule has 0 spiro atoms. The molecular formula is C13H13ClN2O3. The minimum Gasteiger partial charge on any atom is -0.340 e. The third-order valence-electron chi connectivity index (χ3n) is 2.85. The normalized spacial score (nSPS) is 18.9. The summed E-state index contributed by atoms with van der Waals surface area (Å²) in [6, 6.07) is 4.29. The number of piperidine rings is 1. The number of hydrogen-bond acceptors (Lipinski definition) is 3. The van der Waals surface area contributed by atoms with Crippen LogP contribution in [-0.4, -0.2) is 23.8 Å². The second-order valence-corrected chi connectivity index (χ2v) is 4.93. The average Bonchev–Trinajstić information content (AvgIpc) is 2.31. The lowest BCUT2D eigenvalue weighted by Crippen LogP contribution is -2.52. The van der Waals surface area contributed by atoms with Crippen LogP contribution in [0.1, 0.15) is 28.8 Å². The first-order chi connectivity index (χ1) is 8.95. The molecule has 1 aliphatic heterocycles. The Kier molecular flexibility index (Phi) is 3.85. The number of imide groups is 1. The number of halogens is 1. The maximum atomic E-state index is 12.0. The monoisotopic (exact) mass is 280 g/mol. The molecule has 2 N–H and O–H groups in total. The van der Waals surface area contributed by atoms with Gasteiger partial charge in [-0.25, -0.2) is 0 Å². The van der Waals surface area contributed by atoms with E-state index in [0.717, 1.165) is 5.56 Å². The van der Waals surface area contributed by atoms with Crippen LogP contribution >= 0.6 is 11.6 Å². The van der Waals surface area contributed by atoms with Gasteiger partial charge in [-0.15, -0.1) is 0 Å². The minimum absolute atomic E-state index is 0.227. The molecule has 1 saturated heterocycles. The summed E-state index contributed by atoms with van der Waals surface area (Å²) in [5.74, 6) is -1.16. The quantitative estimate of drug-likeness (QED) is 0.799. The summed E-state index contributed by atoms with van der Waals surface area (Å²) in [6.45, 7) is 1.83. The minimum atomic E-state index is -0.676. The van der Waals surface area contributed by atoms with Crippen LogP contribution in [0.3, 0.4) is 0 Å². The van der Waals surface area contributed by atoms with Crippen molar-refractivity contribution in [3.63, 3.8) is 0 Å². The van der Waals surface area contributed by atoms with Gasteiger partial charge in [0.25, 0.3) is 5.91 Å². The zero-order chi connectivity index (χ0) is 14.0. The third kappa shape index (κ3) is 3.32. The average molecular weight is 281 g/mol. The fourth-order valence-electron chi connectivity index (χ4n) is 1.94. The number of nitrogens with one attached hydrogen (secondary N) is 2. The third-order valence-corrected chi connectivity index (χ3v) is 3.07. The van der Waals surface area contributed by atoms with Crippen molar-refractivity contribution in [1.29, 1.82) is 0 Å². The van der Waals surface area contributed by atoms with Crippen LogP contribution in [0.5, 0.6) is 0 Å². The molecule has 3 amide bonds. The SMILES string of the molecule is Cc1cc(Cl)cc(C(=O)NC2CCC(=O)NC2=O)c1. The zero-order valence-corrected chi connectivity index (χ0v) is 11.1. The van der Waals surface area contributed by atoms with Gasteiger partial charge in [-0.2, -0.15) is 0 Å². The molecule has 0 saturated carbocycles. The highest BCUT2D eigenvalue weighted by atomic mass is 35.5. The molecule has 0 aromatic heterocycles. The molecule has 0 radical (unpaired) electrons. The van der Waals surface area contributed by atoms with Crippen LogP contribution in [0.4, 0.5) is 0 Å². The first-order valence-corrected chi connectivity index (χ1v) is 6.25. The number of hydrogen-bond donors (Lipinski definition) is 2. The molecule has 6 heteroatoms. The van der Waals surface area contributed by atoms with Crippen molar-refractivity contribution >= 4 is 29.3 Å². The highest BCUT2D eigenvalue weighted by Gasteiger charge is 2.28. The predicted molar refractivity (Wildman–Crippen MR) is 69.8 cm³/mol. The van der Waals surface area contributed by atoms with Crippen LogP contribution in [0.15, 0.2) is 18.2 Å². The summed E-state index contributed by atoms with van der Waals surface area (Å²) in [7, 11) is 0. The number of carbonyl (C=O) groups is 3. The lowest BCUT2D eigenvalue weighted by Gasteiger charge is -2.21. The molecule has 1 heterocycles. The van der Waals surface area contributed by atoms with Gasteiger partial charge in [0.05, 0.1) is 0 Å². The Morgan fingerprint density at radius 3 is 2.74 bits per heavy atom. The Hall–Kier alpha value is -1.88. The predicted octanol–water partition coefficient (Wildman–Crippen LogP) is 1.18. The molecule has 100 valence electrons. The van der Waals surface area contributed by atoms with Crippen molar-refractivity contribution in [2.45, 2.75) is 25.8 Å². The van der Waals surface area contributed by atoms with E-state index < -0.39 is 11.9 Å². The Morgan fingerprint density at radius 2 is 2.11 bits per heavy atom. The first-order valence-electron chi connectivity index (χ1n) is 5.87. The van der Waals surface area contributed by atoms with Crippen LogP contribution in [0, 0.1) is 6.92 Å². The second kappa shape index (κ2) is 5.40. The van der Waals surface area contributed by atoms with Gasteiger partial charge in [0.1, 0.15) is 6.04 Å². The maximum absolute atomic E-state index is 12.0. The molecule has 1 aromatic carbocycles. The van der Waals surface area contributed by atoms with Crippen LogP contribution in [-0.2, 0) is 9.59 Å². The topological polar surface area (TPSA) is 75.3 Å². The maximum Gasteiger partial charge on any atom is 0.251 e. The molecule has 0 aliphatic carbocycles. The summed E-state index contributed by atoms with van der Waals surface area (Å²) < 4.78 is 0. The molecule has 1 aliphatic rings. The van der Waals surface area contributed by atoms with E-state index in [-0.39, 0.29) is 18.2 Å². The first kappa shape index (κ1) is 13.5. The summed E-state index contributed by atoms with van der Waals surface area (Å²) >= 11 is 5.88. The molecule has 1 unspecified atom stereocenters. The molecule has 1 fully saturated rings. The van der Waals surface area contributed by atoms with E-state index in [1.54, 1.807) is 12.1 Å². The molecule has 1 atom stereocenters. The van der Waals surface area contributed by atoms with Crippen molar-refractivity contribution in [3.8, 4) is 0 Å². The van der Waals surface area contributed by atoms with E-state index in [4.69, 9.17) is 11.6 Å². The largest absolute Gasteiger partial charge is 0.340 e. The Morgan fingerprint density at radius 1 is 1.37 bits per heavy atom. The molecule has 5 nitrogen and oxygen atoms in total. The van der Waals surface area contributed by atoms with Crippen molar-refractivity contribution < 1.29 is 14.4 Å². The van der Waals surface area contributed by atoms with E-state index in [2.05, 4.69) is 10.6 Å². The van der Waals surface area contributed by atoms with Gasteiger partial charge in [-0.1, -0.05) is 11.6 Å². The summed E-state index contributed by atoms with van der Waals surface area (Å²) in [5.41, 5.74) is 1.26.